The molecule has 0 N–H and O–H groups in total. The van der Waals surface area contributed by atoms with Crippen LogP contribution in [0.4, 0.5) is 0 Å². The van der Waals surface area contributed by atoms with E-state index in [-0.39, 0.29) is 17.2 Å². The highest BCUT2D eigenvalue weighted by atomic mass is 16.5. The second kappa shape index (κ2) is 4.33. The van der Waals surface area contributed by atoms with Crippen molar-refractivity contribution in [2.24, 2.45) is 17.3 Å². The molecule has 3 heteroatoms. The topological polar surface area (TPSA) is 43.4 Å². The van der Waals surface area contributed by atoms with Crippen LogP contribution in [0.3, 0.4) is 0 Å². The Hall–Kier alpha value is -0.860. The molecular formula is C12H20O3. The van der Waals surface area contributed by atoms with Crippen LogP contribution in [-0.4, -0.2) is 18.4 Å². The number of esters is 1. The van der Waals surface area contributed by atoms with Gasteiger partial charge in [0.2, 0.25) is 0 Å². The molecule has 0 aromatic carbocycles. The van der Waals surface area contributed by atoms with Gasteiger partial charge in [0.05, 0.1) is 6.61 Å². The van der Waals surface area contributed by atoms with Crippen LogP contribution in [0.1, 0.15) is 40.5 Å². The standard InChI is InChI=1S/C12H20O3/c1-5-15-11(14)10-9(13)7-6-8(2)12(10,3)4/h8,10H,5-7H2,1-4H3/t8-,10+/m1/s1. The van der Waals surface area contributed by atoms with Crippen molar-refractivity contribution >= 4 is 11.8 Å². The van der Waals surface area contributed by atoms with E-state index in [1.54, 1.807) is 6.92 Å². The van der Waals surface area contributed by atoms with Gasteiger partial charge in [-0.15, -0.1) is 0 Å². The number of carbonyl (C=O) groups is 2. The monoisotopic (exact) mass is 212 g/mol. The van der Waals surface area contributed by atoms with E-state index in [4.69, 9.17) is 4.74 Å². The third-order valence-electron chi connectivity index (χ3n) is 3.68. The molecule has 1 saturated carbocycles. The van der Waals surface area contributed by atoms with Gasteiger partial charge in [-0.25, -0.2) is 0 Å². The van der Waals surface area contributed by atoms with Crippen molar-refractivity contribution in [1.29, 1.82) is 0 Å². The number of carbonyl (C=O) groups excluding carboxylic acids is 2. The molecule has 0 radical (unpaired) electrons. The second-order valence-electron chi connectivity index (χ2n) is 4.91. The largest absolute Gasteiger partial charge is 0.465 e. The Morgan fingerprint density at radius 3 is 2.67 bits per heavy atom. The summed E-state index contributed by atoms with van der Waals surface area (Å²) in [6.07, 6.45) is 1.38. The zero-order chi connectivity index (χ0) is 11.6. The summed E-state index contributed by atoms with van der Waals surface area (Å²) in [5.41, 5.74) is -0.276. The highest BCUT2D eigenvalue weighted by molar-refractivity contribution is 6.00. The molecule has 0 bridgehead atoms. The number of Topliss-reactive ketones (excluding diaryl/α,β-unsaturated/α-hetero) is 1. The fraction of sp³-hybridized carbons (Fsp3) is 0.833. The molecule has 0 aliphatic heterocycles. The second-order valence-corrected chi connectivity index (χ2v) is 4.91. The molecule has 0 aromatic rings. The lowest BCUT2D eigenvalue weighted by Gasteiger charge is -2.41. The van der Waals surface area contributed by atoms with Crippen molar-refractivity contribution < 1.29 is 14.3 Å². The van der Waals surface area contributed by atoms with Crippen LogP contribution in [0.2, 0.25) is 0 Å². The van der Waals surface area contributed by atoms with Crippen LogP contribution in [0.15, 0.2) is 0 Å². The van der Waals surface area contributed by atoms with Gasteiger partial charge in [-0.2, -0.15) is 0 Å². The van der Waals surface area contributed by atoms with Crippen LogP contribution >= 0.6 is 0 Å². The van der Waals surface area contributed by atoms with Crippen LogP contribution < -0.4 is 0 Å². The van der Waals surface area contributed by atoms with Gasteiger partial charge in [0.25, 0.3) is 0 Å². The summed E-state index contributed by atoms with van der Waals surface area (Å²) in [7, 11) is 0. The van der Waals surface area contributed by atoms with Crippen molar-refractivity contribution in [3.63, 3.8) is 0 Å². The Morgan fingerprint density at radius 1 is 1.53 bits per heavy atom. The van der Waals surface area contributed by atoms with Crippen molar-refractivity contribution in [2.75, 3.05) is 6.61 Å². The molecular weight excluding hydrogens is 192 g/mol. The minimum Gasteiger partial charge on any atom is -0.465 e. The summed E-state index contributed by atoms with van der Waals surface area (Å²) < 4.78 is 4.98. The number of ether oxygens (including phenoxy) is 1. The number of hydrogen-bond acceptors (Lipinski definition) is 3. The van der Waals surface area contributed by atoms with E-state index in [1.165, 1.54) is 0 Å². The van der Waals surface area contributed by atoms with Gasteiger partial charge < -0.3 is 4.74 Å². The first-order valence-corrected chi connectivity index (χ1v) is 5.60. The minimum atomic E-state index is -0.568. The maximum atomic E-state index is 11.8. The van der Waals surface area contributed by atoms with E-state index < -0.39 is 5.92 Å². The lowest BCUT2D eigenvalue weighted by atomic mass is 9.62. The molecule has 1 fully saturated rings. The first kappa shape index (κ1) is 12.2. The van der Waals surface area contributed by atoms with Gasteiger partial charge in [-0.05, 0) is 24.7 Å². The molecule has 0 spiro atoms. The van der Waals surface area contributed by atoms with Crippen molar-refractivity contribution in [2.45, 2.75) is 40.5 Å². The minimum absolute atomic E-state index is 0.0385. The summed E-state index contributed by atoms with van der Waals surface area (Å²) >= 11 is 0. The maximum absolute atomic E-state index is 11.8. The number of hydrogen-bond donors (Lipinski definition) is 0. The molecule has 15 heavy (non-hydrogen) atoms. The van der Waals surface area contributed by atoms with Crippen LogP contribution in [-0.2, 0) is 14.3 Å². The molecule has 0 unspecified atom stereocenters. The Bertz CT molecular complexity index is 268. The Balaban J connectivity index is 2.90. The molecule has 0 heterocycles. The molecule has 2 atom stereocenters. The average Bonchev–Trinajstić information content (AvgIpc) is 2.12. The molecule has 1 rings (SSSR count). The third-order valence-corrected chi connectivity index (χ3v) is 3.68. The Kier molecular flexibility index (Phi) is 3.53. The lowest BCUT2D eigenvalue weighted by Crippen LogP contribution is -2.45. The molecule has 1 aliphatic carbocycles. The van der Waals surface area contributed by atoms with E-state index >= 15 is 0 Å². The van der Waals surface area contributed by atoms with Crippen LogP contribution in [0.25, 0.3) is 0 Å². The highest BCUT2D eigenvalue weighted by Crippen LogP contribution is 2.43. The fourth-order valence-electron chi connectivity index (χ4n) is 2.24. The first-order valence-electron chi connectivity index (χ1n) is 5.60. The van der Waals surface area contributed by atoms with Gasteiger partial charge in [-0.1, -0.05) is 20.8 Å². The maximum Gasteiger partial charge on any atom is 0.317 e. The Morgan fingerprint density at radius 2 is 2.13 bits per heavy atom. The predicted octanol–water partition coefficient (Wildman–Crippen LogP) is 2.19. The summed E-state index contributed by atoms with van der Waals surface area (Å²) in [6.45, 7) is 8.17. The lowest BCUT2D eigenvalue weighted by molar-refractivity contribution is -0.160. The van der Waals surface area contributed by atoms with Crippen molar-refractivity contribution in [1.82, 2.24) is 0 Å². The molecule has 0 aromatic heterocycles. The van der Waals surface area contributed by atoms with Gasteiger partial charge in [0, 0.05) is 6.42 Å². The summed E-state index contributed by atoms with van der Waals surface area (Å²) in [5, 5.41) is 0. The zero-order valence-electron chi connectivity index (χ0n) is 10.0. The van der Waals surface area contributed by atoms with E-state index in [0.29, 0.717) is 18.9 Å². The van der Waals surface area contributed by atoms with Crippen molar-refractivity contribution in [3.05, 3.63) is 0 Å². The average molecular weight is 212 g/mol. The normalized spacial score (nSPS) is 30.0. The molecule has 86 valence electrons. The third kappa shape index (κ3) is 2.21. The van der Waals surface area contributed by atoms with E-state index in [1.807, 2.05) is 13.8 Å². The fourth-order valence-corrected chi connectivity index (χ4v) is 2.24. The highest BCUT2D eigenvalue weighted by Gasteiger charge is 2.47. The van der Waals surface area contributed by atoms with Gasteiger partial charge in [0.1, 0.15) is 11.7 Å². The molecule has 1 aliphatic rings. The summed E-state index contributed by atoms with van der Waals surface area (Å²) in [4.78, 5) is 23.5. The summed E-state index contributed by atoms with van der Waals surface area (Å²) in [5.74, 6) is -0.499. The van der Waals surface area contributed by atoms with Crippen LogP contribution in [0.5, 0.6) is 0 Å². The molecule has 0 saturated heterocycles. The van der Waals surface area contributed by atoms with E-state index in [0.717, 1.165) is 6.42 Å². The zero-order valence-corrected chi connectivity index (χ0v) is 10.0. The Labute approximate surface area is 91.2 Å². The molecule has 0 amide bonds. The van der Waals surface area contributed by atoms with Crippen molar-refractivity contribution in [3.8, 4) is 0 Å². The predicted molar refractivity (Wildman–Crippen MR) is 57.3 cm³/mol. The summed E-state index contributed by atoms with van der Waals surface area (Å²) in [6, 6.07) is 0. The SMILES string of the molecule is CCOC(=O)[C@@H]1C(=O)CC[C@@H](C)C1(C)C. The van der Waals surface area contributed by atoms with Gasteiger partial charge in [0.15, 0.2) is 0 Å². The van der Waals surface area contributed by atoms with E-state index in [9.17, 15) is 9.59 Å². The van der Waals surface area contributed by atoms with Gasteiger partial charge in [-0.3, -0.25) is 9.59 Å². The quantitative estimate of drug-likeness (QED) is 0.520. The number of rotatable bonds is 2. The van der Waals surface area contributed by atoms with Crippen LogP contribution in [0, 0.1) is 17.3 Å². The smallest absolute Gasteiger partial charge is 0.317 e. The number of ketones is 1. The first-order chi connectivity index (χ1) is 6.91. The van der Waals surface area contributed by atoms with E-state index in [2.05, 4.69) is 6.92 Å². The van der Waals surface area contributed by atoms with Gasteiger partial charge >= 0.3 is 5.97 Å². The molecule has 3 nitrogen and oxygen atoms in total.